The first-order valence-corrected chi connectivity index (χ1v) is 11.0. The van der Waals surface area contributed by atoms with E-state index in [9.17, 15) is 4.79 Å². The van der Waals surface area contributed by atoms with Crippen LogP contribution in [-0.4, -0.2) is 62.0 Å². The van der Waals surface area contributed by atoms with Crippen LogP contribution in [0.1, 0.15) is 63.4 Å². The zero-order valence-corrected chi connectivity index (χ0v) is 17.3. The molecule has 150 valence electrons. The van der Waals surface area contributed by atoms with E-state index in [1.165, 1.54) is 57.4 Å². The van der Waals surface area contributed by atoms with Crippen LogP contribution in [0.4, 0.5) is 5.69 Å². The molecule has 0 aromatic heterocycles. The molecule has 1 saturated heterocycles. The zero-order chi connectivity index (χ0) is 19.1. The van der Waals surface area contributed by atoms with Gasteiger partial charge < -0.3 is 14.7 Å². The molecular weight excluding hydrogens is 334 g/mol. The molecule has 0 atom stereocenters. The number of carbonyl (C=O) groups is 1. The maximum Gasteiger partial charge on any atom is 0.226 e. The van der Waals surface area contributed by atoms with Crippen molar-refractivity contribution in [3.8, 4) is 0 Å². The van der Waals surface area contributed by atoms with E-state index >= 15 is 0 Å². The molecule has 27 heavy (non-hydrogen) atoms. The minimum Gasteiger partial charge on any atom is -0.312 e. The summed E-state index contributed by atoms with van der Waals surface area (Å²) in [6.07, 6.45) is 8.18. The van der Waals surface area contributed by atoms with E-state index < -0.39 is 0 Å². The van der Waals surface area contributed by atoms with Crippen molar-refractivity contribution >= 4 is 11.6 Å². The number of benzene rings is 1. The van der Waals surface area contributed by atoms with Crippen molar-refractivity contribution in [3.63, 3.8) is 0 Å². The van der Waals surface area contributed by atoms with Crippen LogP contribution in [0.15, 0.2) is 24.3 Å². The summed E-state index contributed by atoms with van der Waals surface area (Å²) in [5.74, 6) is 0.973. The van der Waals surface area contributed by atoms with Crippen LogP contribution in [0, 0.1) is 0 Å². The number of anilines is 1. The van der Waals surface area contributed by atoms with Gasteiger partial charge in [-0.05, 0) is 62.9 Å². The lowest BCUT2D eigenvalue weighted by Gasteiger charge is -2.32. The minimum absolute atomic E-state index is 0.239. The van der Waals surface area contributed by atoms with Crippen LogP contribution in [0.5, 0.6) is 0 Å². The van der Waals surface area contributed by atoms with Gasteiger partial charge in [-0.2, -0.15) is 0 Å². The number of hydrogen-bond acceptors (Lipinski definition) is 3. The smallest absolute Gasteiger partial charge is 0.226 e. The second kappa shape index (κ2) is 10.2. The number of likely N-dealkylation sites (N-methyl/N-ethyl adjacent to an activating group) is 1. The van der Waals surface area contributed by atoms with Crippen molar-refractivity contribution < 1.29 is 4.79 Å². The van der Waals surface area contributed by atoms with Crippen LogP contribution in [0.3, 0.4) is 0 Å². The van der Waals surface area contributed by atoms with E-state index in [1.54, 1.807) is 0 Å². The number of piperazine rings is 1. The summed E-state index contributed by atoms with van der Waals surface area (Å²) in [5.41, 5.74) is 2.53. The molecule has 3 rings (SSSR count). The first kappa shape index (κ1) is 20.3. The van der Waals surface area contributed by atoms with Gasteiger partial charge in [0.2, 0.25) is 5.91 Å². The summed E-state index contributed by atoms with van der Waals surface area (Å²) in [6.45, 7) is 8.66. The van der Waals surface area contributed by atoms with E-state index in [1.807, 2.05) is 11.8 Å². The Morgan fingerprint density at radius 1 is 1.04 bits per heavy atom. The molecule has 1 aliphatic carbocycles. The highest BCUT2D eigenvalue weighted by Crippen LogP contribution is 2.34. The fourth-order valence-electron chi connectivity index (χ4n) is 4.45. The number of rotatable bonds is 8. The lowest BCUT2D eigenvalue weighted by molar-refractivity contribution is -0.118. The maximum absolute atomic E-state index is 12.5. The van der Waals surface area contributed by atoms with Crippen molar-refractivity contribution in [1.82, 2.24) is 9.80 Å². The fraction of sp³-hybridized carbons (Fsp3) is 0.696. The molecule has 0 radical (unpaired) electrons. The third kappa shape index (κ3) is 5.79. The highest BCUT2D eigenvalue weighted by atomic mass is 16.2. The van der Waals surface area contributed by atoms with Crippen LogP contribution >= 0.6 is 0 Å². The van der Waals surface area contributed by atoms with Crippen molar-refractivity contribution in [2.75, 3.05) is 51.2 Å². The van der Waals surface area contributed by atoms with Gasteiger partial charge in [-0.3, -0.25) is 4.79 Å². The van der Waals surface area contributed by atoms with Gasteiger partial charge in [0.05, 0.1) is 0 Å². The highest BCUT2D eigenvalue weighted by molar-refractivity contribution is 5.93. The predicted molar refractivity (Wildman–Crippen MR) is 113 cm³/mol. The minimum atomic E-state index is 0.239. The molecule has 1 aromatic carbocycles. The molecular formula is C23H37N3O. The van der Waals surface area contributed by atoms with E-state index in [0.717, 1.165) is 37.5 Å². The monoisotopic (exact) mass is 371 g/mol. The van der Waals surface area contributed by atoms with Crippen LogP contribution in [0.2, 0.25) is 0 Å². The van der Waals surface area contributed by atoms with E-state index in [4.69, 9.17) is 0 Å². The Labute approximate surface area is 165 Å². The molecule has 4 nitrogen and oxygen atoms in total. The quantitative estimate of drug-likeness (QED) is 0.643. The van der Waals surface area contributed by atoms with Crippen LogP contribution in [0.25, 0.3) is 0 Å². The summed E-state index contributed by atoms with van der Waals surface area (Å²) < 4.78 is 0. The first-order chi connectivity index (χ1) is 13.2. The average Bonchev–Trinajstić information content (AvgIpc) is 3.24. The van der Waals surface area contributed by atoms with Gasteiger partial charge in [0.15, 0.2) is 0 Å². The molecule has 0 spiro atoms. The number of carbonyl (C=O) groups excluding carboxylic acids is 1. The van der Waals surface area contributed by atoms with Gasteiger partial charge in [-0.25, -0.2) is 0 Å². The molecule has 4 heteroatoms. The average molecular weight is 372 g/mol. The number of hydrogen-bond donors (Lipinski definition) is 0. The second-order valence-electron chi connectivity index (χ2n) is 8.32. The van der Waals surface area contributed by atoms with Crippen molar-refractivity contribution in [3.05, 3.63) is 29.8 Å². The molecule has 1 amide bonds. The lowest BCUT2D eigenvalue weighted by Crippen LogP contribution is -2.44. The van der Waals surface area contributed by atoms with Gasteiger partial charge in [-0.1, -0.05) is 31.9 Å². The normalized spacial score (nSPS) is 19.5. The Hall–Kier alpha value is -1.39. The standard InChI is InChI=1S/C23H37N3O/c1-3-23(27)26(15-7-6-14-25-18-16-24(2)17-19-25)22-12-10-21(11-13-22)20-8-4-5-9-20/h10-13,20H,3-9,14-19H2,1-2H3. The molecule has 0 N–H and O–H groups in total. The molecule has 1 aliphatic heterocycles. The van der Waals surface area contributed by atoms with Crippen LogP contribution in [-0.2, 0) is 4.79 Å². The third-order valence-electron chi connectivity index (χ3n) is 6.34. The molecule has 2 fully saturated rings. The van der Waals surface area contributed by atoms with Gasteiger partial charge in [0.1, 0.15) is 0 Å². The summed E-state index contributed by atoms with van der Waals surface area (Å²) in [5, 5.41) is 0. The predicted octanol–water partition coefficient (Wildman–Crippen LogP) is 4.11. The lowest BCUT2D eigenvalue weighted by atomic mass is 9.97. The van der Waals surface area contributed by atoms with Gasteiger partial charge >= 0.3 is 0 Å². The summed E-state index contributed by atoms with van der Waals surface area (Å²) in [6, 6.07) is 8.85. The first-order valence-electron chi connectivity index (χ1n) is 11.0. The molecule has 0 unspecified atom stereocenters. The van der Waals surface area contributed by atoms with Crippen LogP contribution < -0.4 is 4.90 Å². The second-order valence-corrected chi connectivity index (χ2v) is 8.32. The Morgan fingerprint density at radius 3 is 2.33 bits per heavy atom. The van der Waals surface area contributed by atoms with Gasteiger partial charge in [0, 0.05) is 44.8 Å². The molecule has 1 saturated carbocycles. The number of nitrogens with zero attached hydrogens (tertiary/aromatic N) is 3. The Bertz CT molecular complexity index is 572. The van der Waals surface area contributed by atoms with Crippen molar-refractivity contribution in [1.29, 1.82) is 0 Å². The summed E-state index contributed by atoms with van der Waals surface area (Å²) >= 11 is 0. The van der Waals surface area contributed by atoms with Gasteiger partial charge in [-0.15, -0.1) is 0 Å². The highest BCUT2D eigenvalue weighted by Gasteiger charge is 2.19. The number of amides is 1. The topological polar surface area (TPSA) is 26.8 Å². The molecule has 1 heterocycles. The Kier molecular flexibility index (Phi) is 7.71. The fourth-order valence-corrected chi connectivity index (χ4v) is 4.45. The van der Waals surface area contributed by atoms with Crippen molar-refractivity contribution in [2.45, 2.75) is 57.8 Å². The van der Waals surface area contributed by atoms with E-state index in [0.29, 0.717) is 6.42 Å². The Morgan fingerprint density at radius 2 is 1.70 bits per heavy atom. The summed E-state index contributed by atoms with van der Waals surface area (Å²) in [4.78, 5) is 19.5. The van der Waals surface area contributed by atoms with Gasteiger partial charge in [0.25, 0.3) is 0 Å². The zero-order valence-electron chi connectivity index (χ0n) is 17.3. The van der Waals surface area contributed by atoms with E-state index in [-0.39, 0.29) is 5.91 Å². The number of unbranched alkanes of at least 4 members (excludes halogenated alkanes) is 1. The molecule has 2 aliphatic rings. The third-order valence-corrected chi connectivity index (χ3v) is 6.34. The molecule has 1 aromatic rings. The maximum atomic E-state index is 12.5. The van der Waals surface area contributed by atoms with E-state index in [2.05, 4.69) is 41.1 Å². The summed E-state index contributed by atoms with van der Waals surface area (Å²) in [7, 11) is 2.20. The molecule has 0 bridgehead atoms. The van der Waals surface area contributed by atoms with Crippen molar-refractivity contribution in [2.24, 2.45) is 0 Å². The largest absolute Gasteiger partial charge is 0.312 e. The SMILES string of the molecule is CCC(=O)N(CCCCN1CCN(C)CC1)c1ccc(C2CCCC2)cc1. The Balaban J connectivity index is 1.50.